The number of anilines is 1. The van der Waals surface area contributed by atoms with Crippen molar-refractivity contribution in [1.82, 2.24) is 4.98 Å². The monoisotopic (exact) mass is 320 g/mol. The van der Waals surface area contributed by atoms with Gasteiger partial charge in [-0.1, -0.05) is 12.1 Å². The molecule has 6 nitrogen and oxygen atoms in total. The summed E-state index contributed by atoms with van der Waals surface area (Å²) in [7, 11) is 0. The van der Waals surface area contributed by atoms with Gasteiger partial charge < -0.3 is 15.2 Å². The zero-order valence-corrected chi connectivity index (χ0v) is 13.0. The quantitative estimate of drug-likeness (QED) is 0.854. The lowest BCUT2D eigenvalue weighted by Crippen LogP contribution is -2.19. The molecular weight excluding hydrogens is 304 g/mol. The molecule has 1 amide bonds. The van der Waals surface area contributed by atoms with E-state index in [4.69, 9.17) is 9.84 Å². The summed E-state index contributed by atoms with van der Waals surface area (Å²) in [4.78, 5) is 27.1. The van der Waals surface area contributed by atoms with Gasteiger partial charge in [-0.05, 0) is 26.0 Å². The van der Waals surface area contributed by atoms with Gasteiger partial charge in [-0.2, -0.15) is 0 Å². The number of carboxylic acids is 1. The van der Waals surface area contributed by atoms with Crippen molar-refractivity contribution in [3.63, 3.8) is 0 Å². The number of nitrogens with one attached hydrogen (secondary N) is 1. The molecule has 0 unspecified atom stereocenters. The van der Waals surface area contributed by atoms with Crippen molar-refractivity contribution in [3.8, 4) is 5.75 Å². The average molecular weight is 320 g/mol. The SMILES string of the molecule is CCOc1ccccc1NC(=O)[C@@H](C)c1nc(C(=O)O)cs1. The van der Waals surface area contributed by atoms with E-state index in [1.807, 2.05) is 13.0 Å². The number of nitrogens with zero attached hydrogens (tertiary/aromatic N) is 1. The Morgan fingerprint density at radius 3 is 2.77 bits per heavy atom. The van der Waals surface area contributed by atoms with Crippen LogP contribution in [0.15, 0.2) is 29.6 Å². The first kappa shape index (κ1) is 16.0. The molecule has 2 N–H and O–H groups in total. The number of ether oxygens (including phenoxy) is 1. The number of rotatable bonds is 6. The second kappa shape index (κ2) is 7.04. The van der Waals surface area contributed by atoms with Gasteiger partial charge in [-0.3, -0.25) is 4.79 Å². The molecule has 0 radical (unpaired) electrons. The van der Waals surface area contributed by atoms with E-state index in [0.717, 1.165) is 11.3 Å². The number of amides is 1. The topological polar surface area (TPSA) is 88.5 Å². The number of para-hydroxylation sites is 2. The van der Waals surface area contributed by atoms with Crippen LogP contribution in [0.2, 0.25) is 0 Å². The first-order valence-corrected chi connectivity index (χ1v) is 7.62. The molecule has 0 spiro atoms. The Hall–Kier alpha value is -2.41. The van der Waals surface area contributed by atoms with Crippen LogP contribution in [0, 0.1) is 0 Å². The third-order valence-electron chi connectivity index (χ3n) is 2.95. The van der Waals surface area contributed by atoms with Crippen LogP contribution >= 0.6 is 11.3 Å². The second-order valence-electron chi connectivity index (χ2n) is 4.52. The van der Waals surface area contributed by atoms with Gasteiger partial charge in [0, 0.05) is 5.38 Å². The maximum absolute atomic E-state index is 12.3. The lowest BCUT2D eigenvalue weighted by atomic mass is 10.1. The van der Waals surface area contributed by atoms with Crippen molar-refractivity contribution < 1.29 is 19.4 Å². The molecule has 0 aliphatic rings. The molecule has 1 heterocycles. The van der Waals surface area contributed by atoms with Crippen molar-refractivity contribution in [2.45, 2.75) is 19.8 Å². The van der Waals surface area contributed by atoms with Crippen LogP contribution in [0.1, 0.15) is 35.3 Å². The summed E-state index contributed by atoms with van der Waals surface area (Å²) >= 11 is 1.16. The molecule has 0 aliphatic heterocycles. The van der Waals surface area contributed by atoms with E-state index in [-0.39, 0.29) is 11.6 Å². The number of carbonyl (C=O) groups excluding carboxylic acids is 1. The van der Waals surface area contributed by atoms with E-state index in [1.54, 1.807) is 25.1 Å². The van der Waals surface area contributed by atoms with E-state index in [2.05, 4.69) is 10.3 Å². The Bertz CT molecular complexity index is 684. The average Bonchev–Trinajstić information content (AvgIpc) is 2.98. The number of hydrogen-bond donors (Lipinski definition) is 2. The summed E-state index contributed by atoms with van der Waals surface area (Å²) in [6.07, 6.45) is 0. The highest BCUT2D eigenvalue weighted by molar-refractivity contribution is 7.10. The maximum Gasteiger partial charge on any atom is 0.355 e. The fourth-order valence-electron chi connectivity index (χ4n) is 1.79. The fraction of sp³-hybridized carbons (Fsp3) is 0.267. The van der Waals surface area contributed by atoms with Crippen LogP contribution in [0.5, 0.6) is 5.75 Å². The molecule has 0 bridgehead atoms. The first-order chi connectivity index (χ1) is 10.5. The van der Waals surface area contributed by atoms with Crippen molar-refractivity contribution >= 4 is 28.9 Å². The van der Waals surface area contributed by atoms with Gasteiger partial charge in [0.1, 0.15) is 10.8 Å². The van der Waals surface area contributed by atoms with Gasteiger partial charge in [0.15, 0.2) is 5.69 Å². The number of aromatic nitrogens is 1. The van der Waals surface area contributed by atoms with Crippen molar-refractivity contribution in [2.75, 3.05) is 11.9 Å². The predicted octanol–water partition coefficient (Wildman–Crippen LogP) is 2.98. The molecule has 0 fully saturated rings. The fourth-order valence-corrected chi connectivity index (χ4v) is 2.64. The lowest BCUT2D eigenvalue weighted by molar-refractivity contribution is -0.117. The van der Waals surface area contributed by atoms with Crippen molar-refractivity contribution in [3.05, 3.63) is 40.3 Å². The normalized spacial score (nSPS) is 11.7. The molecule has 0 saturated heterocycles. The van der Waals surface area contributed by atoms with Gasteiger partial charge in [0.25, 0.3) is 0 Å². The summed E-state index contributed by atoms with van der Waals surface area (Å²) in [5.41, 5.74) is 0.533. The maximum atomic E-state index is 12.3. The minimum absolute atomic E-state index is 0.0469. The molecule has 7 heteroatoms. The Morgan fingerprint density at radius 2 is 2.14 bits per heavy atom. The third-order valence-corrected chi connectivity index (χ3v) is 3.98. The van der Waals surface area contributed by atoms with Crippen LogP contribution in [-0.4, -0.2) is 28.6 Å². The van der Waals surface area contributed by atoms with E-state index < -0.39 is 11.9 Å². The molecule has 2 rings (SSSR count). The second-order valence-corrected chi connectivity index (χ2v) is 5.41. The summed E-state index contributed by atoms with van der Waals surface area (Å²) < 4.78 is 5.45. The van der Waals surface area contributed by atoms with Crippen LogP contribution < -0.4 is 10.1 Å². The third kappa shape index (κ3) is 3.62. The molecule has 116 valence electrons. The standard InChI is InChI=1S/C15H16N2O4S/c1-3-21-12-7-5-4-6-10(12)16-13(18)9(2)14-17-11(8-22-14)15(19)20/h4-9H,3H2,1-2H3,(H,16,18)(H,19,20)/t9-/m1/s1. The highest BCUT2D eigenvalue weighted by atomic mass is 32.1. The Labute approximate surface area is 131 Å². The minimum Gasteiger partial charge on any atom is -0.492 e. The Balaban J connectivity index is 2.12. The van der Waals surface area contributed by atoms with Gasteiger partial charge in [0.05, 0.1) is 18.2 Å². The highest BCUT2D eigenvalue weighted by Crippen LogP contribution is 2.27. The molecule has 0 saturated carbocycles. The summed E-state index contributed by atoms with van der Waals surface area (Å²) in [5, 5.41) is 13.6. The zero-order chi connectivity index (χ0) is 16.1. The number of aromatic carboxylic acids is 1. The summed E-state index contributed by atoms with van der Waals surface area (Å²) in [5.74, 6) is -1.32. The molecule has 1 aromatic carbocycles. The Morgan fingerprint density at radius 1 is 1.41 bits per heavy atom. The minimum atomic E-state index is -1.10. The van der Waals surface area contributed by atoms with Gasteiger partial charge in [0.2, 0.25) is 5.91 Å². The Kier molecular flexibility index (Phi) is 5.11. The van der Waals surface area contributed by atoms with Gasteiger partial charge in [-0.25, -0.2) is 9.78 Å². The predicted molar refractivity (Wildman–Crippen MR) is 83.7 cm³/mol. The number of benzene rings is 1. The lowest BCUT2D eigenvalue weighted by Gasteiger charge is -2.13. The first-order valence-electron chi connectivity index (χ1n) is 6.74. The number of carbonyl (C=O) groups is 2. The van der Waals surface area contributed by atoms with Crippen LogP contribution in [-0.2, 0) is 4.79 Å². The van der Waals surface area contributed by atoms with E-state index in [0.29, 0.717) is 23.1 Å². The number of thiazole rings is 1. The van der Waals surface area contributed by atoms with E-state index >= 15 is 0 Å². The molecule has 1 atom stereocenters. The highest BCUT2D eigenvalue weighted by Gasteiger charge is 2.21. The van der Waals surface area contributed by atoms with Gasteiger partial charge in [-0.15, -0.1) is 11.3 Å². The van der Waals surface area contributed by atoms with E-state index in [1.165, 1.54) is 5.38 Å². The van der Waals surface area contributed by atoms with Crippen LogP contribution in [0.3, 0.4) is 0 Å². The largest absolute Gasteiger partial charge is 0.492 e. The summed E-state index contributed by atoms with van der Waals surface area (Å²) in [6, 6.07) is 7.15. The zero-order valence-electron chi connectivity index (χ0n) is 12.2. The summed E-state index contributed by atoms with van der Waals surface area (Å²) in [6.45, 7) is 4.05. The van der Waals surface area contributed by atoms with Crippen LogP contribution in [0.4, 0.5) is 5.69 Å². The van der Waals surface area contributed by atoms with Gasteiger partial charge >= 0.3 is 5.97 Å². The van der Waals surface area contributed by atoms with E-state index in [9.17, 15) is 9.59 Å². The molecular formula is C15H16N2O4S. The van der Waals surface area contributed by atoms with Crippen molar-refractivity contribution in [2.24, 2.45) is 0 Å². The number of carboxylic acid groups (broad SMARTS) is 1. The molecule has 22 heavy (non-hydrogen) atoms. The van der Waals surface area contributed by atoms with Crippen molar-refractivity contribution in [1.29, 1.82) is 0 Å². The van der Waals surface area contributed by atoms with Crippen LogP contribution in [0.25, 0.3) is 0 Å². The molecule has 2 aromatic rings. The number of hydrogen-bond acceptors (Lipinski definition) is 5. The smallest absolute Gasteiger partial charge is 0.355 e. The molecule has 1 aromatic heterocycles. The molecule has 0 aliphatic carbocycles.